The molecular formula is C22H20Cl2N2O5. The van der Waals surface area contributed by atoms with Crippen LogP contribution in [-0.4, -0.2) is 31.7 Å². The van der Waals surface area contributed by atoms with Crippen molar-refractivity contribution >= 4 is 46.8 Å². The van der Waals surface area contributed by atoms with Crippen LogP contribution >= 0.6 is 23.2 Å². The van der Waals surface area contributed by atoms with Gasteiger partial charge in [-0.1, -0.05) is 23.2 Å². The normalized spacial score (nSPS) is 11.5. The predicted octanol–water partition coefficient (Wildman–Crippen LogP) is 4.86. The van der Waals surface area contributed by atoms with Gasteiger partial charge in [0.25, 0.3) is 5.91 Å². The summed E-state index contributed by atoms with van der Waals surface area (Å²) in [6.07, 6.45) is 1.60. The molecule has 1 atom stereocenters. The molecule has 0 spiro atoms. The molecule has 0 saturated heterocycles. The summed E-state index contributed by atoms with van der Waals surface area (Å²) in [6, 6.07) is 9.65. The van der Waals surface area contributed by atoms with E-state index in [0.29, 0.717) is 34.4 Å². The van der Waals surface area contributed by atoms with Crippen molar-refractivity contribution in [2.75, 3.05) is 19.0 Å². The Hall–Kier alpha value is -3.21. The summed E-state index contributed by atoms with van der Waals surface area (Å²) < 4.78 is 15.8. The summed E-state index contributed by atoms with van der Waals surface area (Å²) in [7, 11) is 1.48. The minimum atomic E-state index is -1.06. The van der Waals surface area contributed by atoms with E-state index in [-0.39, 0.29) is 10.6 Å². The first-order valence-electron chi connectivity index (χ1n) is 9.18. The van der Waals surface area contributed by atoms with Crippen molar-refractivity contribution in [3.05, 3.63) is 57.6 Å². The van der Waals surface area contributed by atoms with Crippen molar-refractivity contribution in [3.8, 4) is 17.6 Å². The summed E-state index contributed by atoms with van der Waals surface area (Å²) in [4.78, 5) is 24.4. The van der Waals surface area contributed by atoms with Crippen molar-refractivity contribution in [1.29, 1.82) is 5.26 Å². The monoisotopic (exact) mass is 462 g/mol. The number of methoxy groups -OCH3 is 1. The van der Waals surface area contributed by atoms with Crippen molar-refractivity contribution < 1.29 is 23.8 Å². The maximum atomic E-state index is 12.3. The molecule has 9 heteroatoms. The fourth-order valence-corrected chi connectivity index (χ4v) is 3.02. The minimum absolute atomic E-state index is 0.206. The molecule has 0 aliphatic rings. The number of nitrogens with one attached hydrogen (secondary N) is 1. The van der Waals surface area contributed by atoms with Crippen molar-refractivity contribution in [3.63, 3.8) is 0 Å². The second-order valence-electron chi connectivity index (χ2n) is 6.18. The molecule has 162 valence electrons. The van der Waals surface area contributed by atoms with E-state index >= 15 is 0 Å². The van der Waals surface area contributed by atoms with Crippen LogP contribution in [0.5, 0.6) is 11.5 Å². The molecular weight excluding hydrogens is 443 g/mol. The number of ether oxygens (including phenoxy) is 3. The third-order valence-corrected chi connectivity index (χ3v) is 4.56. The average molecular weight is 463 g/mol. The number of anilines is 1. The summed E-state index contributed by atoms with van der Waals surface area (Å²) in [5, 5.41) is 12.0. The van der Waals surface area contributed by atoms with Crippen LogP contribution < -0.4 is 14.8 Å². The SMILES string of the molecule is CCOc1cc(/C=C/C(=O)OC(C)C(=O)Nc2ccc(C#N)c(Cl)c2)cc(Cl)c1OC. The van der Waals surface area contributed by atoms with Crippen LogP contribution in [0.25, 0.3) is 6.08 Å². The van der Waals surface area contributed by atoms with Crippen molar-refractivity contribution in [2.45, 2.75) is 20.0 Å². The van der Waals surface area contributed by atoms with Gasteiger partial charge < -0.3 is 19.5 Å². The first-order valence-corrected chi connectivity index (χ1v) is 9.94. The zero-order valence-electron chi connectivity index (χ0n) is 17.1. The highest BCUT2D eigenvalue weighted by Crippen LogP contribution is 2.36. The van der Waals surface area contributed by atoms with E-state index in [9.17, 15) is 9.59 Å². The number of nitriles is 1. The number of hydrogen-bond acceptors (Lipinski definition) is 6. The lowest BCUT2D eigenvalue weighted by Crippen LogP contribution is -2.29. The Labute approximate surface area is 190 Å². The van der Waals surface area contributed by atoms with Gasteiger partial charge in [-0.05, 0) is 55.8 Å². The summed E-state index contributed by atoms with van der Waals surface area (Å²) in [6.45, 7) is 3.67. The Balaban J connectivity index is 2.01. The molecule has 0 aliphatic heterocycles. The molecule has 0 aliphatic carbocycles. The van der Waals surface area contributed by atoms with Crippen LogP contribution in [0.15, 0.2) is 36.4 Å². The Kier molecular flexibility index (Phi) is 8.74. The molecule has 31 heavy (non-hydrogen) atoms. The summed E-state index contributed by atoms with van der Waals surface area (Å²) in [5.74, 6) is -0.421. The predicted molar refractivity (Wildman–Crippen MR) is 119 cm³/mol. The van der Waals surface area contributed by atoms with Gasteiger partial charge in [0.2, 0.25) is 0 Å². The van der Waals surface area contributed by atoms with E-state index in [1.54, 1.807) is 12.1 Å². The Morgan fingerprint density at radius 2 is 1.97 bits per heavy atom. The van der Waals surface area contributed by atoms with Gasteiger partial charge in [0.1, 0.15) is 6.07 Å². The first-order chi connectivity index (χ1) is 14.8. The maximum Gasteiger partial charge on any atom is 0.331 e. The number of rotatable bonds is 8. The molecule has 0 aromatic heterocycles. The summed E-state index contributed by atoms with van der Waals surface area (Å²) >= 11 is 12.1. The van der Waals surface area contributed by atoms with Crippen LogP contribution in [0.4, 0.5) is 5.69 Å². The molecule has 2 aromatic rings. The number of carbonyl (C=O) groups is 2. The van der Waals surface area contributed by atoms with Gasteiger partial charge in [-0.25, -0.2) is 4.79 Å². The van der Waals surface area contributed by atoms with Crippen LogP contribution in [0, 0.1) is 11.3 Å². The Morgan fingerprint density at radius 3 is 2.58 bits per heavy atom. The van der Waals surface area contributed by atoms with Crippen molar-refractivity contribution in [1.82, 2.24) is 0 Å². The molecule has 2 rings (SSSR count). The van der Waals surface area contributed by atoms with Gasteiger partial charge in [0.05, 0.1) is 29.3 Å². The first kappa shape index (κ1) is 24.1. The topological polar surface area (TPSA) is 97.6 Å². The molecule has 0 radical (unpaired) electrons. The number of nitrogens with zero attached hydrogens (tertiary/aromatic N) is 1. The molecule has 0 bridgehead atoms. The van der Waals surface area contributed by atoms with Gasteiger partial charge in [-0.15, -0.1) is 0 Å². The number of amides is 1. The van der Waals surface area contributed by atoms with Crippen LogP contribution in [0.3, 0.4) is 0 Å². The third kappa shape index (κ3) is 6.64. The summed E-state index contributed by atoms with van der Waals surface area (Å²) in [5.41, 5.74) is 1.26. The van der Waals surface area contributed by atoms with Gasteiger partial charge in [0.15, 0.2) is 17.6 Å². The Bertz CT molecular complexity index is 1050. The van der Waals surface area contributed by atoms with E-state index < -0.39 is 18.0 Å². The second-order valence-corrected chi connectivity index (χ2v) is 6.99. The number of carbonyl (C=O) groups excluding carboxylic acids is 2. The zero-order valence-corrected chi connectivity index (χ0v) is 18.6. The Morgan fingerprint density at radius 1 is 1.23 bits per heavy atom. The highest BCUT2D eigenvalue weighted by molar-refractivity contribution is 6.32. The number of halogens is 2. The zero-order chi connectivity index (χ0) is 23.0. The van der Waals surface area contributed by atoms with E-state index in [1.807, 2.05) is 13.0 Å². The highest BCUT2D eigenvalue weighted by atomic mass is 35.5. The van der Waals surface area contributed by atoms with Crippen LogP contribution in [0.1, 0.15) is 25.0 Å². The van der Waals surface area contributed by atoms with E-state index in [0.717, 1.165) is 0 Å². The molecule has 2 aromatic carbocycles. The lowest BCUT2D eigenvalue weighted by molar-refractivity contribution is -0.148. The van der Waals surface area contributed by atoms with Gasteiger partial charge in [0, 0.05) is 11.8 Å². The van der Waals surface area contributed by atoms with E-state index in [1.165, 1.54) is 44.4 Å². The minimum Gasteiger partial charge on any atom is -0.491 e. The fourth-order valence-electron chi connectivity index (χ4n) is 2.50. The van der Waals surface area contributed by atoms with E-state index in [4.69, 9.17) is 42.7 Å². The molecule has 1 N–H and O–H groups in total. The third-order valence-electron chi connectivity index (χ3n) is 3.97. The fraction of sp³-hybridized carbons (Fsp3) is 0.227. The second kappa shape index (κ2) is 11.3. The molecule has 0 heterocycles. The van der Waals surface area contributed by atoms with Gasteiger partial charge in [-0.3, -0.25) is 4.79 Å². The largest absolute Gasteiger partial charge is 0.491 e. The number of esters is 1. The number of hydrogen-bond donors (Lipinski definition) is 1. The maximum absolute atomic E-state index is 12.3. The quantitative estimate of drug-likeness (QED) is 0.444. The number of benzene rings is 2. The molecule has 1 unspecified atom stereocenters. The average Bonchev–Trinajstić information content (AvgIpc) is 2.72. The standard InChI is InChI=1S/C22H20Cl2N2O5/c1-4-30-19-10-14(9-18(24)21(19)29-3)5-8-20(27)31-13(2)22(28)26-16-7-6-15(12-25)17(23)11-16/h5-11,13H,4H2,1-3H3,(H,26,28)/b8-5+. The highest BCUT2D eigenvalue weighted by Gasteiger charge is 2.17. The van der Waals surface area contributed by atoms with E-state index in [2.05, 4.69) is 5.32 Å². The van der Waals surface area contributed by atoms with Crippen LogP contribution in [0.2, 0.25) is 10.0 Å². The molecule has 0 fully saturated rings. The molecule has 1 amide bonds. The van der Waals surface area contributed by atoms with Gasteiger partial charge in [-0.2, -0.15) is 5.26 Å². The van der Waals surface area contributed by atoms with Crippen molar-refractivity contribution in [2.24, 2.45) is 0 Å². The molecule has 0 saturated carbocycles. The molecule has 7 nitrogen and oxygen atoms in total. The lowest BCUT2D eigenvalue weighted by Gasteiger charge is -2.13. The lowest BCUT2D eigenvalue weighted by atomic mass is 10.2. The van der Waals surface area contributed by atoms with Crippen LogP contribution in [-0.2, 0) is 14.3 Å². The smallest absolute Gasteiger partial charge is 0.331 e. The van der Waals surface area contributed by atoms with Gasteiger partial charge >= 0.3 is 5.97 Å².